The number of rotatable bonds is 7. The second-order valence-electron chi connectivity index (χ2n) is 7.23. The van der Waals surface area contributed by atoms with Crippen molar-refractivity contribution in [1.29, 1.82) is 0 Å². The molecule has 0 saturated heterocycles. The van der Waals surface area contributed by atoms with Gasteiger partial charge in [0.1, 0.15) is 6.04 Å². The summed E-state index contributed by atoms with van der Waals surface area (Å²) in [5.41, 5.74) is 4.21. The molecule has 0 bridgehead atoms. The number of carbonyl (C=O) groups excluding carboxylic acids is 2. The summed E-state index contributed by atoms with van der Waals surface area (Å²) in [7, 11) is 0. The molecule has 0 heterocycles. The van der Waals surface area contributed by atoms with Crippen LogP contribution in [0.5, 0.6) is 0 Å². The van der Waals surface area contributed by atoms with Crippen LogP contribution in [0.25, 0.3) is 0 Å². The number of imide groups is 1. The molecule has 0 aliphatic carbocycles. The Kier molecular flexibility index (Phi) is 7.35. The molecular formula is C25H28N3O2+. The highest BCUT2D eigenvalue weighted by molar-refractivity contribution is 5.96. The first-order chi connectivity index (χ1) is 14.6. The van der Waals surface area contributed by atoms with E-state index in [0.29, 0.717) is 6.54 Å². The highest BCUT2D eigenvalue weighted by atomic mass is 16.2. The number of aryl methyl sites for hydroxylation is 1. The van der Waals surface area contributed by atoms with E-state index >= 15 is 0 Å². The van der Waals surface area contributed by atoms with Gasteiger partial charge in [-0.15, -0.1) is 0 Å². The van der Waals surface area contributed by atoms with Gasteiger partial charge in [0.2, 0.25) is 0 Å². The zero-order valence-electron chi connectivity index (χ0n) is 17.3. The molecule has 0 unspecified atom stereocenters. The average Bonchev–Trinajstić information content (AvgIpc) is 2.76. The lowest BCUT2D eigenvalue weighted by molar-refractivity contribution is -0.713. The minimum absolute atomic E-state index is 0.100. The summed E-state index contributed by atoms with van der Waals surface area (Å²) in [5, 5.41) is 7.12. The van der Waals surface area contributed by atoms with Gasteiger partial charge in [-0.25, -0.2) is 4.79 Å². The van der Waals surface area contributed by atoms with E-state index in [0.717, 1.165) is 16.7 Å². The second-order valence-corrected chi connectivity index (χ2v) is 7.23. The predicted molar refractivity (Wildman–Crippen MR) is 118 cm³/mol. The van der Waals surface area contributed by atoms with Crippen molar-refractivity contribution in [3.05, 3.63) is 107 Å². The zero-order valence-corrected chi connectivity index (χ0v) is 17.3. The van der Waals surface area contributed by atoms with Gasteiger partial charge in [0.15, 0.2) is 6.04 Å². The number of nitrogens with one attached hydrogen (secondary N) is 2. The van der Waals surface area contributed by atoms with Crippen LogP contribution in [0, 0.1) is 6.92 Å². The van der Waals surface area contributed by atoms with Crippen molar-refractivity contribution in [3.63, 3.8) is 0 Å². The van der Waals surface area contributed by atoms with E-state index in [-0.39, 0.29) is 11.9 Å². The Morgan fingerprint density at radius 3 is 1.90 bits per heavy atom. The smallest absolute Gasteiger partial charge is 0.321 e. The fourth-order valence-corrected chi connectivity index (χ4v) is 3.45. The van der Waals surface area contributed by atoms with Gasteiger partial charge in [0, 0.05) is 23.2 Å². The van der Waals surface area contributed by atoms with E-state index in [1.54, 1.807) is 0 Å². The Hall–Kier alpha value is -3.44. The quantitative estimate of drug-likeness (QED) is 0.568. The van der Waals surface area contributed by atoms with Gasteiger partial charge in [-0.3, -0.25) is 10.1 Å². The Balaban J connectivity index is 1.96. The third-order valence-electron chi connectivity index (χ3n) is 5.00. The van der Waals surface area contributed by atoms with Crippen LogP contribution in [0.2, 0.25) is 0 Å². The lowest BCUT2D eigenvalue weighted by Gasteiger charge is -2.23. The first-order valence-electron chi connectivity index (χ1n) is 10.2. The van der Waals surface area contributed by atoms with E-state index in [4.69, 9.17) is 0 Å². The molecule has 3 aromatic carbocycles. The molecule has 0 saturated carbocycles. The summed E-state index contributed by atoms with van der Waals surface area (Å²) < 4.78 is 0. The topological polar surface area (TPSA) is 74.8 Å². The van der Waals surface area contributed by atoms with E-state index in [9.17, 15) is 9.59 Å². The fraction of sp³-hybridized carbons (Fsp3) is 0.200. The van der Waals surface area contributed by atoms with Gasteiger partial charge in [0.25, 0.3) is 5.91 Å². The van der Waals surface area contributed by atoms with Gasteiger partial charge < -0.3 is 10.6 Å². The van der Waals surface area contributed by atoms with Crippen molar-refractivity contribution in [2.45, 2.75) is 25.9 Å². The summed E-state index contributed by atoms with van der Waals surface area (Å²) in [6, 6.07) is 26.8. The molecule has 3 aromatic rings. The van der Waals surface area contributed by atoms with Crippen LogP contribution in [0.4, 0.5) is 4.79 Å². The predicted octanol–water partition coefficient (Wildman–Crippen LogP) is 3.23. The molecular weight excluding hydrogens is 374 g/mol. The molecule has 0 fully saturated rings. The Morgan fingerprint density at radius 1 is 0.800 bits per heavy atom. The normalized spacial score (nSPS) is 12.6. The molecule has 154 valence electrons. The Bertz CT molecular complexity index is 957. The zero-order chi connectivity index (χ0) is 21.3. The molecule has 4 N–H and O–H groups in total. The number of carbonyl (C=O) groups is 2. The van der Waals surface area contributed by atoms with E-state index in [2.05, 4.69) is 54.0 Å². The number of nitrogens with two attached hydrogens (primary N) is 1. The second kappa shape index (κ2) is 10.4. The maximum atomic E-state index is 13.1. The number of hydrogen-bond acceptors (Lipinski definition) is 2. The highest BCUT2D eigenvalue weighted by Crippen LogP contribution is 2.21. The van der Waals surface area contributed by atoms with Crippen molar-refractivity contribution in [3.8, 4) is 0 Å². The maximum absolute atomic E-state index is 13.1. The van der Waals surface area contributed by atoms with E-state index in [1.807, 2.05) is 60.8 Å². The summed E-state index contributed by atoms with van der Waals surface area (Å²) in [6.45, 7) is 4.32. The van der Waals surface area contributed by atoms with Crippen LogP contribution in [0.3, 0.4) is 0 Å². The molecule has 0 radical (unpaired) electrons. The summed E-state index contributed by atoms with van der Waals surface area (Å²) in [6.07, 6.45) is 0. The lowest BCUT2D eigenvalue weighted by atomic mass is 9.95. The number of urea groups is 1. The first-order valence-corrected chi connectivity index (χ1v) is 10.2. The van der Waals surface area contributed by atoms with Gasteiger partial charge in [-0.2, -0.15) is 0 Å². The molecule has 0 aliphatic rings. The van der Waals surface area contributed by atoms with Gasteiger partial charge >= 0.3 is 6.03 Å². The average molecular weight is 403 g/mol. The Labute approximate surface area is 177 Å². The van der Waals surface area contributed by atoms with Crippen LogP contribution in [0.1, 0.15) is 41.3 Å². The third kappa shape index (κ3) is 5.55. The SMILES string of the molecule is CCNC(=O)NC(=O)[C@@H]([NH2+][C@@H](c1ccccc1)c1ccc(C)cc1)c1ccccc1. The van der Waals surface area contributed by atoms with Gasteiger partial charge in [-0.1, -0.05) is 90.5 Å². The van der Waals surface area contributed by atoms with Crippen LogP contribution >= 0.6 is 0 Å². The van der Waals surface area contributed by atoms with Crippen molar-refractivity contribution in [2.75, 3.05) is 6.54 Å². The molecule has 30 heavy (non-hydrogen) atoms. The summed E-state index contributed by atoms with van der Waals surface area (Å²) in [5.74, 6) is -0.347. The van der Waals surface area contributed by atoms with Crippen LogP contribution < -0.4 is 16.0 Å². The van der Waals surface area contributed by atoms with Crippen LogP contribution in [-0.4, -0.2) is 18.5 Å². The minimum Gasteiger partial charge on any atom is -0.338 e. The monoisotopic (exact) mass is 402 g/mol. The Morgan fingerprint density at radius 2 is 1.33 bits per heavy atom. The van der Waals surface area contributed by atoms with Crippen molar-refractivity contribution in [1.82, 2.24) is 10.6 Å². The van der Waals surface area contributed by atoms with E-state index < -0.39 is 12.1 Å². The van der Waals surface area contributed by atoms with Crippen molar-refractivity contribution >= 4 is 11.9 Å². The van der Waals surface area contributed by atoms with E-state index in [1.165, 1.54) is 5.56 Å². The van der Waals surface area contributed by atoms with Gasteiger partial charge in [0.05, 0.1) is 0 Å². The number of amides is 3. The summed E-state index contributed by atoms with van der Waals surface area (Å²) >= 11 is 0. The van der Waals surface area contributed by atoms with Crippen molar-refractivity contribution < 1.29 is 14.9 Å². The van der Waals surface area contributed by atoms with Crippen molar-refractivity contribution in [2.24, 2.45) is 0 Å². The molecule has 5 heteroatoms. The fourth-order valence-electron chi connectivity index (χ4n) is 3.45. The minimum atomic E-state index is -0.583. The first kappa shape index (κ1) is 21.3. The molecule has 5 nitrogen and oxygen atoms in total. The molecule has 3 rings (SSSR count). The largest absolute Gasteiger partial charge is 0.338 e. The summed E-state index contributed by atoms with van der Waals surface area (Å²) in [4.78, 5) is 25.1. The number of benzene rings is 3. The molecule has 0 spiro atoms. The number of hydrogen-bond donors (Lipinski definition) is 3. The maximum Gasteiger partial charge on any atom is 0.321 e. The standard InChI is InChI=1S/C25H27N3O2/c1-3-26-25(30)28-24(29)23(20-12-8-5-9-13-20)27-22(19-10-6-4-7-11-19)21-16-14-18(2)15-17-21/h4-17,22-23,27H,3H2,1-2H3,(H2,26,28,29,30)/p+1/t22-,23-/m0/s1. The molecule has 0 aromatic heterocycles. The van der Waals surface area contributed by atoms with Gasteiger partial charge in [-0.05, 0) is 13.8 Å². The van der Waals surface area contributed by atoms with Crippen LogP contribution in [0.15, 0.2) is 84.9 Å². The highest BCUT2D eigenvalue weighted by Gasteiger charge is 2.30. The number of quaternary nitrogens is 1. The third-order valence-corrected chi connectivity index (χ3v) is 5.00. The lowest BCUT2D eigenvalue weighted by Crippen LogP contribution is -2.88. The molecule has 0 aliphatic heterocycles. The molecule has 3 amide bonds. The van der Waals surface area contributed by atoms with Crippen LogP contribution in [-0.2, 0) is 4.79 Å². The molecule has 2 atom stereocenters.